The lowest BCUT2D eigenvalue weighted by Crippen LogP contribution is -2.18. The molecule has 0 unspecified atom stereocenters. The number of hydrogen-bond donors (Lipinski definition) is 0. The molecule has 0 aliphatic heterocycles. The predicted octanol–water partition coefficient (Wildman–Crippen LogP) is 16.9. The lowest BCUT2D eigenvalue weighted by molar-refractivity contribution is 0.660. The SMILES string of the molecule is CC1(C)c2ccccc2-c2ccc(N(c3ccc4c(c3)C(C)(C)c3ccccc3-4)c3ccc4oc5c(-c6cccc7c6sc6ccccc67)c6ccccc6cc5c4c3)cc21. The van der Waals surface area contributed by atoms with Gasteiger partial charge < -0.3 is 9.32 Å². The van der Waals surface area contributed by atoms with Crippen LogP contribution >= 0.6 is 11.3 Å². The van der Waals surface area contributed by atoms with Crippen LogP contribution in [0.25, 0.3) is 86.3 Å². The third-order valence-electron chi connectivity index (χ3n) is 14.0. The van der Waals surface area contributed by atoms with Gasteiger partial charge in [-0.1, -0.05) is 149 Å². The first-order valence-corrected chi connectivity index (χ1v) is 22.1. The Bertz CT molecular complexity index is 3570. The Balaban J connectivity index is 1.05. The first kappa shape index (κ1) is 34.9. The summed E-state index contributed by atoms with van der Waals surface area (Å²) in [5, 5.41) is 7.22. The topological polar surface area (TPSA) is 16.4 Å². The minimum Gasteiger partial charge on any atom is -0.455 e. The van der Waals surface area contributed by atoms with Crippen LogP contribution in [0.2, 0.25) is 0 Å². The number of rotatable bonds is 4. The van der Waals surface area contributed by atoms with E-state index in [-0.39, 0.29) is 10.8 Å². The highest BCUT2D eigenvalue weighted by Crippen LogP contribution is 2.54. The quantitative estimate of drug-likeness (QED) is 0.176. The second-order valence-corrected chi connectivity index (χ2v) is 19.1. The highest BCUT2D eigenvalue weighted by Gasteiger charge is 2.38. The van der Waals surface area contributed by atoms with Gasteiger partial charge in [-0.05, 0) is 110 Å². The fourth-order valence-electron chi connectivity index (χ4n) is 11.0. The fourth-order valence-corrected chi connectivity index (χ4v) is 12.2. The van der Waals surface area contributed by atoms with Gasteiger partial charge in [-0.3, -0.25) is 0 Å². The van der Waals surface area contributed by atoms with Gasteiger partial charge in [0.15, 0.2) is 0 Å². The normalized spacial score (nSPS) is 14.5. The molecule has 3 heteroatoms. The van der Waals surface area contributed by atoms with Gasteiger partial charge in [0.25, 0.3) is 0 Å². The van der Waals surface area contributed by atoms with E-state index in [1.807, 2.05) is 11.3 Å². The maximum absolute atomic E-state index is 7.05. The molecule has 2 aliphatic carbocycles. The molecule has 0 spiro atoms. The number of thiophene rings is 1. The molecule has 2 aromatic heterocycles. The average molecular weight is 800 g/mol. The van der Waals surface area contributed by atoms with E-state index in [1.165, 1.54) is 81.0 Å². The second kappa shape index (κ2) is 12.3. The lowest BCUT2D eigenvalue weighted by atomic mass is 9.82. The molecule has 290 valence electrons. The van der Waals surface area contributed by atoms with Crippen LogP contribution < -0.4 is 4.90 Å². The highest BCUT2D eigenvalue weighted by atomic mass is 32.1. The molecular weight excluding hydrogens is 759 g/mol. The van der Waals surface area contributed by atoms with Crippen LogP contribution in [0.4, 0.5) is 17.1 Å². The van der Waals surface area contributed by atoms with Gasteiger partial charge in [-0.25, -0.2) is 0 Å². The molecule has 0 N–H and O–H groups in total. The van der Waals surface area contributed by atoms with Crippen LogP contribution in [-0.4, -0.2) is 0 Å². The third kappa shape index (κ3) is 4.78. The van der Waals surface area contributed by atoms with Gasteiger partial charge in [0, 0.05) is 70.0 Å². The number of furan rings is 1. The van der Waals surface area contributed by atoms with E-state index < -0.39 is 0 Å². The zero-order valence-corrected chi connectivity index (χ0v) is 35.3. The molecule has 0 saturated heterocycles. The van der Waals surface area contributed by atoms with Crippen molar-refractivity contribution in [2.24, 2.45) is 0 Å². The van der Waals surface area contributed by atoms with E-state index in [2.05, 4.69) is 209 Å². The maximum Gasteiger partial charge on any atom is 0.143 e. The molecule has 0 fully saturated rings. The van der Waals surface area contributed by atoms with Crippen LogP contribution in [0.5, 0.6) is 0 Å². The van der Waals surface area contributed by atoms with Crippen LogP contribution in [0.15, 0.2) is 180 Å². The molecule has 0 saturated carbocycles. The highest BCUT2D eigenvalue weighted by molar-refractivity contribution is 7.26. The molecule has 2 aliphatic rings. The zero-order valence-electron chi connectivity index (χ0n) is 34.5. The summed E-state index contributed by atoms with van der Waals surface area (Å²) in [5.41, 5.74) is 18.1. The Labute approximate surface area is 358 Å². The summed E-state index contributed by atoms with van der Waals surface area (Å²) in [7, 11) is 0. The molecule has 11 aromatic rings. The number of fused-ring (bicyclic) bond motifs is 13. The molecule has 9 aromatic carbocycles. The Morgan fingerprint density at radius 2 is 0.951 bits per heavy atom. The van der Waals surface area contributed by atoms with Crippen LogP contribution in [-0.2, 0) is 10.8 Å². The van der Waals surface area contributed by atoms with Crippen molar-refractivity contribution < 1.29 is 4.42 Å². The molecule has 0 atom stereocenters. The number of nitrogens with zero attached hydrogens (tertiary/aromatic N) is 1. The fraction of sp³-hybridized carbons (Fsp3) is 0.103. The summed E-state index contributed by atoms with van der Waals surface area (Å²) < 4.78 is 9.64. The molecule has 2 heterocycles. The van der Waals surface area contributed by atoms with Crippen LogP contribution in [0, 0.1) is 0 Å². The van der Waals surface area contributed by atoms with Crippen molar-refractivity contribution in [3.8, 4) is 33.4 Å². The van der Waals surface area contributed by atoms with E-state index in [9.17, 15) is 0 Å². The van der Waals surface area contributed by atoms with E-state index in [4.69, 9.17) is 4.42 Å². The monoisotopic (exact) mass is 799 g/mol. The van der Waals surface area contributed by atoms with Crippen molar-refractivity contribution >= 4 is 81.3 Å². The van der Waals surface area contributed by atoms with Gasteiger partial charge >= 0.3 is 0 Å². The van der Waals surface area contributed by atoms with Gasteiger partial charge in [0.05, 0.1) is 0 Å². The van der Waals surface area contributed by atoms with Crippen molar-refractivity contribution in [3.63, 3.8) is 0 Å². The summed E-state index contributed by atoms with van der Waals surface area (Å²) in [6.45, 7) is 9.47. The lowest BCUT2D eigenvalue weighted by Gasteiger charge is -2.29. The van der Waals surface area contributed by atoms with Crippen molar-refractivity contribution in [3.05, 3.63) is 198 Å². The average Bonchev–Trinajstić information content (AvgIpc) is 3.98. The second-order valence-electron chi connectivity index (χ2n) is 18.0. The van der Waals surface area contributed by atoms with E-state index in [0.717, 1.165) is 44.6 Å². The maximum atomic E-state index is 7.05. The Morgan fingerprint density at radius 1 is 0.410 bits per heavy atom. The number of anilines is 3. The van der Waals surface area contributed by atoms with E-state index in [0.29, 0.717) is 0 Å². The van der Waals surface area contributed by atoms with Crippen LogP contribution in [0.3, 0.4) is 0 Å². The smallest absolute Gasteiger partial charge is 0.143 e. The summed E-state index contributed by atoms with van der Waals surface area (Å²) in [4.78, 5) is 2.47. The minimum absolute atomic E-state index is 0.130. The first-order valence-electron chi connectivity index (χ1n) is 21.3. The Hall–Kier alpha value is -6.94. The standard InChI is InChI=1S/C58H41NOS/c1-57(2)48-21-10-7-16-39(48)41-27-24-36(32-50(41)57)59(37-25-28-42-40-17-8-11-22-49(40)58(3,4)51(42)33-37)35-26-29-52-46(31-35)47-30-34-14-5-6-15-38(34)54(55(47)60-52)45-20-13-19-44-43-18-9-12-23-53(43)61-56(44)45/h5-33H,1-4H3. The van der Waals surface area contributed by atoms with Crippen molar-refractivity contribution in [1.82, 2.24) is 0 Å². The van der Waals surface area contributed by atoms with Gasteiger partial charge in [-0.15, -0.1) is 11.3 Å². The zero-order chi connectivity index (χ0) is 40.8. The number of hydrogen-bond acceptors (Lipinski definition) is 3. The molecule has 0 radical (unpaired) electrons. The van der Waals surface area contributed by atoms with Gasteiger partial charge in [0.1, 0.15) is 11.2 Å². The summed E-state index contributed by atoms with van der Waals surface area (Å²) in [6, 6.07) is 65.4. The molecule has 2 nitrogen and oxygen atoms in total. The Kier molecular flexibility index (Phi) is 7.04. The van der Waals surface area contributed by atoms with E-state index >= 15 is 0 Å². The molecule has 61 heavy (non-hydrogen) atoms. The third-order valence-corrected chi connectivity index (χ3v) is 15.3. The van der Waals surface area contributed by atoms with Crippen molar-refractivity contribution in [2.45, 2.75) is 38.5 Å². The first-order chi connectivity index (χ1) is 29.8. The van der Waals surface area contributed by atoms with Gasteiger partial charge in [-0.2, -0.15) is 0 Å². The van der Waals surface area contributed by atoms with Crippen molar-refractivity contribution in [1.29, 1.82) is 0 Å². The summed E-state index contributed by atoms with van der Waals surface area (Å²) >= 11 is 1.87. The van der Waals surface area contributed by atoms with Crippen molar-refractivity contribution in [2.75, 3.05) is 4.90 Å². The van der Waals surface area contributed by atoms with Gasteiger partial charge in [0.2, 0.25) is 0 Å². The molecule has 0 bridgehead atoms. The van der Waals surface area contributed by atoms with E-state index in [1.54, 1.807) is 0 Å². The minimum atomic E-state index is -0.130. The molecule has 13 rings (SSSR count). The Morgan fingerprint density at radius 3 is 1.66 bits per heavy atom. The predicted molar refractivity (Wildman–Crippen MR) is 259 cm³/mol. The molecular formula is C58H41NOS. The largest absolute Gasteiger partial charge is 0.455 e. The summed E-state index contributed by atoms with van der Waals surface area (Å²) in [6.07, 6.45) is 0. The summed E-state index contributed by atoms with van der Waals surface area (Å²) in [5.74, 6) is 0. The number of benzene rings is 9. The van der Waals surface area contributed by atoms with Crippen LogP contribution in [0.1, 0.15) is 49.9 Å². The molecule has 0 amide bonds.